The van der Waals surface area contributed by atoms with Crippen LogP contribution in [-0.4, -0.2) is 37.2 Å². The Hall–Kier alpha value is -3.15. The molecule has 2 rings (SSSR count). The van der Waals surface area contributed by atoms with Crippen LogP contribution in [0.3, 0.4) is 0 Å². The number of nitrogens with zero attached hydrogens (tertiary/aromatic N) is 2. The van der Waals surface area contributed by atoms with E-state index in [9.17, 15) is 9.59 Å². The first-order valence-electron chi connectivity index (χ1n) is 10.5. The average Bonchev–Trinajstić information content (AvgIpc) is 2.79. The zero-order chi connectivity index (χ0) is 21.9. The van der Waals surface area contributed by atoms with Gasteiger partial charge in [0.25, 0.3) is 11.8 Å². The van der Waals surface area contributed by atoms with E-state index in [-0.39, 0.29) is 17.7 Å². The first-order valence-corrected chi connectivity index (χ1v) is 10.5. The van der Waals surface area contributed by atoms with E-state index in [2.05, 4.69) is 34.6 Å². The van der Waals surface area contributed by atoms with Gasteiger partial charge in [0, 0.05) is 24.3 Å². The molecule has 0 aliphatic heterocycles. The lowest BCUT2D eigenvalue weighted by molar-refractivity contribution is -0.124. The van der Waals surface area contributed by atoms with Crippen LogP contribution in [0, 0.1) is 5.92 Å². The molecule has 0 fully saturated rings. The van der Waals surface area contributed by atoms with Crippen molar-refractivity contribution in [2.24, 2.45) is 11.0 Å². The van der Waals surface area contributed by atoms with Crippen molar-refractivity contribution in [1.29, 1.82) is 0 Å². The second-order valence-corrected chi connectivity index (χ2v) is 7.20. The molecular weight excluding hydrogens is 376 g/mol. The molecule has 160 valence electrons. The molecule has 30 heavy (non-hydrogen) atoms. The van der Waals surface area contributed by atoms with Crippen LogP contribution >= 0.6 is 0 Å². The van der Waals surface area contributed by atoms with Gasteiger partial charge in [0.1, 0.15) is 6.04 Å². The highest BCUT2D eigenvalue weighted by molar-refractivity contribution is 5.97. The average molecular weight is 409 g/mol. The van der Waals surface area contributed by atoms with Crippen molar-refractivity contribution in [3.8, 4) is 0 Å². The van der Waals surface area contributed by atoms with Crippen LogP contribution in [0.25, 0.3) is 0 Å². The number of carbonyl (C=O) groups is 2. The van der Waals surface area contributed by atoms with Crippen LogP contribution in [0.2, 0.25) is 0 Å². The van der Waals surface area contributed by atoms with Crippen molar-refractivity contribution in [1.82, 2.24) is 10.7 Å². The predicted molar refractivity (Wildman–Crippen MR) is 123 cm³/mol. The lowest BCUT2D eigenvalue weighted by Crippen LogP contribution is -2.49. The molecule has 0 aliphatic rings. The summed E-state index contributed by atoms with van der Waals surface area (Å²) in [5, 5.41) is 6.92. The quantitative estimate of drug-likeness (QED) is 0.464. The van der Waals surface area contributed by atoms with Crippen LogP contribution in [0.4, 0.5) is 5.69 Å². The van der Waals surface area contributed by atoms with Crippen LogP contribution in [0.1, 0.15) is 50.0 Å². The maximum atomic E-state index is 12.7. The Bertz CT molecular complexity index is 830. The fourth-order valence-electron chi connectivity index (χ4n) is 3.12. The third kappa shape index (κ3) is 6.44. The molecular formula is C24H32N4O2. The number of hydrogen-bond acceptors (Lipinski definition) is 4. The number of hydrazone groups is 1. The molecule has 0 aromatic heterocycles. The Kier molecular flexibility index (Phi) is 9.06. The van der Waals surface area contributed by atoms with E-state index in [1.807, 2.05) is 44.2 Å². The van der Waals surface area contributed by atoms with Gasteiger partial charge >= 0.3 is 0 Å². The number of benzene rings is 2. The Morgan fingerprint density at radius 3 is 2.20 bits per heavy atom. The third-order valence-corrected chi connectivity index (χ3v) is 5.23. The van der Waals surface area contributed by atoms with E-state index >= 15 is 0 Å². The van der Waals surface area contributed by atoms with E-state index in [4.69, 9.17) is 0 Å². The lowest BCUT2D eigenvalue weighted by Gasteiger charge is -2.22. The molecule has 0 radical (unpaired) electrons. The first kappa shape index (κ1) is 23.1. The molecule has 0 saturated carbocycles. The second kappa shape index (κ2) is 11.8. The Balaban J connectivity index is 2.00. The molecule has 1 unspecified atom stereocenters. The highest BCUT2D eigenvalue weighted by atomic mass is 16.2. The zero-order valence-electron chi connectivity index (χ0n) is 18.3. The monoisotopic (exact) mass is 408 g/mol. The summed E-state index contributed by atoms with van der Waals surface area (Å²) in [4.78, 5) is 27.4. The maximum absolute atomic E-state index is 12.7. The van der Waals surface area contributed by atoms with Crippen molar-refractivity contribution in [2.45, 2.75) is 40.2 Å². The van der Waals surface area contributed by atoms with E-state index in [0.717, 1.165) is 30.8 Å². The minimum absolute atomic E-state index is 0.0267. The molecule has 2 N–H and O–H groups in total. The van der Waals surface area contributed by atoms with Crippen LogP contribution in [0.5, 0.6) is 0 Å². The molecule has 2 aromatic carbocycles. The van der Waals surface area contributed by atoms with Gasteiger partial charge in [0.05, 0.1) is 6.21 Å². The van der Waals surface area contributed by atoms with Gasteiger partial charge in [-0.15, -0.1) is 0 Å². The van der Waals surface area contributed by atoms with E-state index in [1.165, 1.54) is 0 Å². The highest BCUT2D eigenvalue weighted by Gasteiger charge is 2.26. The summed E-state index contributed by atoms with van der Waals surface area (Å²) in [5.41, 5.74) is 5.13. The molecule has 0 heterocycles. The van der Waals surface area contributed by atoms with Gasteiger partial charge in [-0.25, -0.2) is 5.43 Å². The lowest BCUT2D eigenvalue weighted by atomic mass is 9.98. The van der Waals surface area contributed by atoms with E-state index < -0.39 is 6.04 Å². The third-order valence-electron chi connectivity index (χ3n) is 5.23. The smallest absolute Gasteiger partial charge is 0.262 e. The standard InChI is InChI=1S/C24H32N4O2/c1-5-18(4)22(26-23(29)20-11-9-8-10-12-20)24(30)27-25-17-19-13-15-21(16-14-19)28(6-2)7-3/h8-18,22H,5-7H2,1-4H3,(H,26,29)(H,27,30)/b25-17+/t18?,22-/m1/s1. The number of amides is 2. The van der Waals surface area contributed by atoms with E-state index in [0.29, 0.717) is 5.56 Å². The minimum Gasteiger partial charge on any atom is -0.372 e. The minimum atomic E-state index is -0.662. The molecule has 2 aromatic rings. The fourth-order valence-corrected chi connectivity index (χ4v) is 3.12. The molecule has 2 atom stereocenters. The molecule has 0 bridgehead atoms. The first-order chi connectivity index (χ1) is 14.5. The summed E-state index contributed by atoms with van der Waals surface area (Å²) in [6.45, 7) is 10.1. The maximum Gasteiger partial charge on any atom is 0.262 e. The molecule has 6 heteroatoms. The molecule has 6 nitrogen and oxygen atoms in total. The number of carbonyl (C=O) groups excluding carboxylic acids is 2. The second-order valence-electron chi connectivity index (χ2n) is 7.20. The number of rotatable bonds is 10. The molecule has 0 spiro atoms. The normalized spacial score (nSPS) is 12.9. The van der Waals surface area contributed by atoms with Crippen molar-refractivity contribution in [3.63, 3.8) is 0 Å². The topological polar surface area (TPSA) is 73.8 Å². The molecule has 0 aliphatic carbocycles. The van der Waals surface area contributed by atoms with Gasteiger partial charge in [-0.05, 0) is 49.6 Å². The summed E-state index contributed by atoms with van der Waals surface area (Å²) < 4.78 is 0. The van der Waals surface area contributed by atoms with Gasteiger partial charge in [0.15, 0.2) is 0 Å². The summed E-state index contributed by atoms with van der Waals surface area (Å²) in [6.07, 6.45) is 2.36. The number of nitrogens with one attached hydrogen (secondary N) is 2. The number of hydrogen-bond donors (Lipinski definition) is 2. The van der Waals surface area contributed by atoms with Crippen molar-refractivity contribution in [2.75, 3.05) is 18.0 Å². The predicted octanol–water partition coefficient (Wildman–Crippen LogP) is 3.83. The van der Waals surface area contributed by atoms with Crippen LogP contribution in [-0.2, 0) is 4.79 Å². The Labute approximate surface area is 179 Å². The van der Waals surface area contributed by atoms with Crippen molar-refractivity contribution < 1.29 is 9.59 Å². The fraction of sp³-hybridized carbons (Fsp3) is 0.375. The van der Waals surface area contributed by atoms with Gasteiger partial charge in [-0.2, -0.15) is 5.10 Å². The molecule has 0 saturated heterocycles. The summed E-state index contributed by atoms with van der Waals surface area (Å²) >= 11 is 0. The van der Waals surface area contributed by atoms with Crippen LogP contribution in [0.15, 0.2) is 59.7 Å². The largest absolute Gasteiger partial charge is 0.372 e. The zero-order valence-corrected chi connectivity index (χ0v) is 18.3. The Morgan fingerprint density at radius 1 is 1.00 bits per heavy atom. The summed E-state index contributed by atoms with van der Waals surface area (Å²) in [5.74, 6) is -0.627. The van der Waals surface area contributed by atoms with Crippen LogP contribution < -0.4 is 15.6 Å². The molecule has 2 amide bonds. The summed E-state index contributed by atoms with van der Waals surface area (Å²) in [6, 6.07) is 16.2. The van der Waals surface area contributed by atoms with Crippen molar-refractivity contribution >= 4 is 23.7 Å². The highest BCUT2D eigenvalue weighted by Crippen LogP contribution is 2.14. The number of anilines is 1. The van der Waals surface area contributed by atoms with Gasteiger partial charge in [-0.3, -0.25) is 9.59 Å². The van der Waals surface area contributed by atoms with Gasteiger partial charge < -0.3 is 10.2 Å². The van der Waals surface area contributed by atoms with Crippen molar-refractivity contribution in [3.05, 3.63) is 65.7 Å². The Morgan fingerprint density at radius 2 is 1.63 bits per heavy atom. The summed E-state index contributed by atoms with van der Waals surface area (Å²) in [7, 11) is 0. The SMILES string of the molecule is CCC(C)[C@@H](NC(=O)c1ccccc1)C(=O)N/N=C/c1ccc(N(CC)CC)cc1. The van der Waals surface area contributed by atoms with Gasteiger partial charge in [-0.1, -0.05) is 50.6 Å². The van der Waals surface area contributed by atoms with E-state index in [1.54, 1.807) is 30.5 Å². The van der Waals surface area contributed by atoms with Gasteiger partial charge in [0.2, 0.25) is 0 Å².